The van der Waals surface area contributed by atoms with E-state index in [2.05, 4.69) is 4.98 Å². The van der Waals surface area contributed by atoms with Crippen molar-refractivity contribution in [3.63, 3.8) is 0 Å². The lowest BCUT2D eigenvalue weighted by atomic mass is 10.0. The Balaban J connectivity index is 1.85. The normalized spacial score (nSPS) is 16.2. The van der Waals surface area contributed by atoms with Gasteiger partial charge in [-0.2, -0.15) is 26.3 Å². The number of hydrogen-bond acceptors (Lipinski definition) is 4. The monoisotopic (exact) mass is 423 g/mol. The Morgan fingerprint density at radius 3 is 2.11 bits per heavy atom. The van der Waals surface area contributed by atoms with Crippen LogP contribution in [0.2, 0.25) is 0 Å². The molecule has 28 heavy (non-hydrogen) atoms. The lowest BCUT2D eigenvalue weighted by Gasteiger charge is -2.22. The van der Waals surface area contributed by atoms with Crippen molar-refractivity contribution in [2.45, 2.75) is 18.8 Å². The van der Waals surface area contributed by atoms with Crippen LogP contribution in [0.1, 0.15) is 27.9 Å². The van der Waals surface area contributed by atoms with Crippen molar-refractivity contribution >= 4 is 22.4 Å². The minimum Gasteiger partial charge on any atom is -0.346 e. The van der Waals surface area contributed by atoms with Crippen LogP contribution < -0.4 is 4.90 Å². The molecule has 1 amide bonds. The topological polar surface area (TPSA) is 36.4 Å². The highest BCUT2D eigenvalue weighted by Crippen LogP contribution is 2.36. The Morgan fingerprint density at radius 2 is 1.57 bits per heavy atom. The number of benzene rings is 1. The largest absolute Gasteiger partial charge is 0.416 e. The van der Waals surface area contributed by atoms with Crippen LogP contribution in [0.25, 0.3) is 0 Å². The van der Waals surface area contributed by atoms with Gasteiger partial charge in [-0.3, -0.25) is 4.79 Å². The molecule has 1 saturated heterocycles. The Labute approximate surface area is 160 Å². The first-order chi connectivity index (χ1) is 13.1. The molecule has 2 aromatic rings. The van der Waals surface area contributed by atoms with Crippen LogP contribution in [0.15, 0.2) is 29.8 Å². The lowest BCUT2D eigenvalue weighted by Crippen LogP contribution is -2.35. The first-order valence-electron chi connectivity index (χ1n) is 8.29. The summed E-state index contributed by atoms with van der Waals surface area (Å²) in [6.07, 6.45) is -7.82. The first-order valence-corrected chi connectivity index (χ1v) is 9.17. The number of carbonyl (C=O) groups is 1. The van der Waals surface area contributed by atoms with Crippen LogP contribution in [0.3, 0.4) is 0 Å². The van der Waals surface area contributed by atoms with E-state index < -0.39 is 35.0 Å². The second kappa shape index (κ2) is 7.61. The smallest absolute Gasteiger partial charge is 0.346 e. The Kier molecular flexibility index (Phi) is 5.55. The molecule has 0 unspecified atom stereocenters. The van der Waals surface area contributed by atoms with Gasteiger partial charge < -0.3 is 9.80 Å². The highest BCUT2D eigenvalue weighted by atomic mass is 32.1. The van der Waals surface area contributed by atoms with Gasteiger partial charge >= 0.3 is 12.4 Å². The molecule has 0 N–H and O–H groups in total. The molecule has 0 radical (unpaired) electrons. The lowest BCUT2D eigenvalue weighted by molar-refractivity contribution is -0.143. The Bertz CT molecular complexity index is 802. The molecule has 1 aromatic carbocycles. The molecule has 1 aromatic heterocycles. The standard InChI is InChI=1S/C17H15F6N3OS/c18-16(19,20)12-8-11(9-13(10-12)17(21,22)23)14(27)25-3-1-4-26(6-5-25)15-24-2-7-28-15/h2,7-10H,1,3-6H2. The van der Waals surface area contributed by atoms with Gasteiger partial charge in [0.15, 0.2) is 5.13 Å². The summed E-state index contributed by atoms with van der Waals surface area (Å²) in [7, 11) is 0. The van der Waals surface area contributed by atoms with E-state index in [1.165, 1.54) is 16.2 Å². The summed E-state index contributed by atoms with van der Waals surface area (Å²) in [5.41, 5.74) is -3.61. The van der Waals surface area contributed by atoms with E-state index in [-0.39, 0.29) is 19.2 Å². The maximum Gasteiger partial charge on any atom is 0.416 e. The van der Waals surface area contributed by atoms with Crippen molar-refractivity contribution in [3.05, 3.63) is 46.5 Å². The summed E-state index contributed by atoms with van der Waals surface area (Å²) in [6, 6.07) is 0.964. The average Bonchev–Trinajstić information content (AvgIpc) is 3.04. The number of aromatic nitrogens is 1. The minimum absolute atomic E-state index is 0.0173. The third-order valence-electron chi connectivity index (χ3n) is 4.31. The van der Waals surface area contributed by atoms with Gasteiger partial charge in [0.25, 0.3) is 5.91 Å². The SMILES string of the molecule is O=C(c1cc(C(F)(F)F)cc(C(F)(F)F)c1)N1CCCN(c2nccs2)CC1. The zero-order chi connectivity index (χ0) is 20.5. The number of amides is 1. The minimum atomic E-state index is -4.99. The van der Waals surface area contributed by atoms with Crippen molar-refractivity contribution in [3.8, 4) is 0 Å². The third-order valence-corrected chi connectivity index (χ3v) is 5.14. The molecule has 0 aliphatic carbocycles. The van der Waals surface area contributed by atoms with Crippen LogP contribution in [0, 0.1) is 0 Å². The highest BCUT2D eigenvalue weighted by Gasteiger charge is 2.38. The molecule has 0 atom stereocenters. The van der Waals surface area contributed by atoms with Gasteiger partial charge in [0.1, 0.15) is 0 Å². The highest BCUT2D eigenvalue weighted by molar-refractivity contribution is 7.13. The Hall–Kier alpha value is -2.30. The zero-order valence-corrected chi connectivity index (χ0v) is 15.2. The van der Waals surface area contributed by atoms with Gasteiger partial charge in [-0.25, -0.2) is 4.98 Å². The molecule has 1 aliphatic rings. The van der Waals surface area contributed by atoms with Gasteiger partial charge in [0.2, 0.25) is 0 Å². The van der Waals surface area contributed by atoms with Crippen LogP contribution in [-0.4, -0.2) is 42.0 Å². The molecule has 1 fully saturated rings. The molecule has 152 valence electrons. The molecular weight excluding hydrogens is 408 g/mol. The summed E-state index contributed by atoms with van der Waals surface area (Å²) in [5.74, 6) is -0.849. The van der Waals surface area contributed by atoms with Crippen LogP contribution >= 0.6 is 11.3 Å². The van der Waals surface area contributed by atoms with E-state index in [1.807, 2.05) is 4.90 Å². The van der Waals surface area contributed by atoms with Crippen LogP contribution in [0.4, 0.5) is 31.5 Å². The zero-order valence-electron chi connectivity index (χ0n) is 14.3. The third kappa shape index (κ3) is 4.57. The van der Waals surface area contributed by atoms with E-state index >= 15 is 0 Å². The van der Waals surface area contributed by atoms with Gasteiger partial charge in [-0.15, -0.1) is 11.3 Å². The summed E-state index contributed by atoms with van der Waals surface area (Å²) in [6.45, 7) is 1.40. The van der Waals surface area contributed by atoms with E-state index in [0.717, 1.165) is 5.13 Å². The maximum absolute atomic E-state index is 13.0. The van der Waals surface area contributed by atoms with Crippen molar-refractivity contribution in [1.29, 1.82) is 0 Å². The molecule has 2 heterocycles. The van der Waals surface area contributed by atoms with Gasteiger partial charge in [-0.05, 0) is 24.6 Å². The van der Waals surface area contributed by atoms with E-state index in [1.54, 1.807) is 11.6 Å². The fourth-order valence-electron chi connectivity index (χ4n) is 2.94. The fraction of sp³-hybridized carbons (Fsp3) is 0.412. The number of hydrogen-bond donors (Lipinski definition) is 0. The first kappa shape index (κ1) is 20.4. The van der Waals surface area contributed by atoms with Crippen LogP contribution in [-0.2, 0) is 12.4 Å². The summed E-state index contributed by atoms with van der Waals surface area (Å²) in [4.78, 5) is 20.1. The average molecular weight is 423 g/mol. The number of halogens is 6. The predicted molar refractivity (Wildman–Crippen MR) is 91.3 cm³/mol. The number of thiazole rings is 1. The molecular formula is C17H15F6N3OS. The van der Waals surface area contributed by atoms with Crippen molar-refractivity contribution < 1.29 is 31.1 Å². The maximum atomic E-state index is 13.0. The molecule has 11 heteroatoms. The molecule has 3 rings (SSSR count). The summed E-state index contributed by atoms with van der Waals surface area (Å²) < 4.78 is 78.1. The van der Waals surface area contributed by atoms with Crippen molar-refractivity contribution in [2.75, 3.05) is 31.1 Å². The number of alkyl halides is 6. The second-order valence-electron chi connectivity index (χ2n) is 6.24. The van der Waals surface area contributed by atoms with Crippen molar-refractivity contribution in [1.82, 2.24) is 9.88 Å². The molecule has 4 nitrogen and oxygen atoms in total. The summed E-state index contributed by atoms with van der Waals surface area (Å²) >= 11 is 1.42. The molecule has 0 saturated carbocycles. The van der Waals surface area contributed by atoms with E-state index in [9.17, 15) is 31.1 Å². The predicted octanol–water partition coefficient (Wildman–Crippen LogP) is 4.53. The number of anilines is 1. The van der Waals surface area contributed by atoms with Crippen molar-refractivity contribution in [2.24, 2.45) is 0 Å². The molecule has 0 spiro atoms. The quantitative estimate of drug-likeness (QED) is 0.666. The number of carbonyl (C=O) groups excluding carboxylic acids is 1. The van der Waals surface area contributed by atoms with Gasteiger partial charge in [-0.1, -0.05) is 0 Å². The second-order valence-corrected chi connectivity index (χ2v) is 7.12. The van der Waals surface area contributed by atoms with E-state index in [4.69, 9.17) is 0 Å². The molecule has 0 bridgehead atoms. The fourth-order valence-corrected chi connectivity index (χ4v) is 3.64. The van der Waals surface area contributed by atoms with Gasteiger partial charge in [0.05, 0.1) is 11.1 Å². The van der Waals surface area contributed by atoms with Gasteiger partial charge in [0, 0.05) is 43.3 Å². The number of rotatable bonds is 2. The van der Waals surface area contributed by atoms with E-state index in [0.29, 0.717) is 31.6 Å². The number of nitrogens with zero attached hydrogens (tertiary/aromatic N) is 3. The van der Waals surface area contributed by atoms with Crippen LogP contribution in [0.5, 0.6) is 0 Å². The molecule has 1 aliphatic heterocycles. The Morgan fingerprint density at radius 1 is 0.929 bits per heavy atom. The summed E-state index contributed by atoms with van der Waals surface area (Å²) in [5, 5.41) is 2.55.